The fourth-order valence-corrected chi connectivity index (χ4v) is 3.42. The number of nitrogens with one attached hydrogen (secondary N) is 1. The molecule has 0 aromatic carbocycles. The lowest BCUT2D eigenvalue weighted by atomic mass is 9.77. The van der Waals surface area contributed by atoms with Crippen molar-refractivity contribution in [3.8, 4) is 0 Å². The van der Waals surface area contributed by atoms with Crippen molar-refractivity contribution < 1.29 is 9.47 Å². The van der Waals surface area contributed by atoms with E-state index in [1.807, 2.05) is 7.05 Å². The topological polar surface area (TPSA) is 30.5 Å². The molecule has 1 saturated heterocycles. The maximum Gasteiger partial charge on any atom is 0.0810 e. The highest BCUT2D eigenvalue weighted by atomic mass is 16.5. The highest BCUT2D eigenvalue weighted by molar-refractivity contribution is 4.90. The van der Waals surface area contributed by atoms with Gasteiger partial charge in [0, 0.05) is 19.8 Å². The second kappa shape index (κ2) is 6.88. The minimum Gasteiger partial charge on any atom is -0.381 e. The van der Waals surface area contributed by atoms with Crippen molar-refractivity contribution in [3.05, 3.63) is 0 Å². The Morgan fingerprint density at radius 3 is 2.39 bits per heavy atom. The van der Waals surface area contributed by atoms with Crippen LogP contribution >= 0.6 is 0 Å². The van der Waals surface area contributed by atoms with E-state index < -0.39 is 0 Å². The highest BCUT2D eigenvalue weighted by Gasteiger charge is 2.37. The van der Waals surface area contributed by atoms with E-state index in [2.05, 4.69) is 12.2 Å². The van der Waals surface area contributed by atoms with Crippen molar-refractivity contribution in [1.29, 1.82) is 0 Å². The van der Waals surface area contributed by atoms with E-state index in [1.165, 1.54) is 32.1 Å². The van der Waals surface area contributed by atoms with Crippen LogP contribution in [-0.4, -0.2) is 38.5 Å². The molecule has 18 heavy (non-hydrogen) atoms. The fraction of sp³-hybridized carbons (Fsp3) is 1.00. The zero-order valence-electron chi connectivity index (χ0n) is 12.0. The summed E-state index contributed by atoms with van der Waals surface area (Å²) in [6, 6.07) is 0. The first-order valence-corrected chi connectivity index (χ1v) is 7.68. The molecular weight excluding hydrogens is 226 g/mol. The van der Waals surface area contributed by atoms with Gasteiger partial charge in [-0.1, -0.05) is 13.3 Å². The Morgan fingerprint density at radius 2 is 1.83 bits per heavy atom. The average Bonchev–Trinajstić information content (AvgIpc) is 2.41. The van der Waals surface area contributed by atoms with Crippen LogP contribution in [0.15, 0.2) is 0 Å². The van der Waals surface area contributed by atoms with Gasteiger partial charge in [-0.2, -0.15) is 0 Å². The summed E-state index contributed by atoms with van der Waals surface area (Å²) in [6.45, 7) is 5.06. The second-order valence-electron chi connectivity index (χ2n) is 5.99. The number of hydrogen-bond donors (Lipinski definition) is 1. The molecule has 1 heterocycles. The molecule has 3 nitrogen and oxygen atoms in total. The third-order valence-corrected chi connectivity index (χ3v) is 4.68. The monoisotopic (exact) mass is 255 g/mol. The van der Waals surface area contributed by atoms with Crippen molar-refractivity contribution in [2.24, 2.45) is 5.92 Å². The quantitative estimate of drug-likeness (QED) is 0.819. The second-order valence-corrected chi connectivity index (χ2v) is 5.99. The van der Waals surface area contributed by atoms with Crippen LogP contribution in [0.3, 0.4) is 0 Å². The van der Waals surface area contributed by atoms with Gasteiger partial charge in [-0.15, -0.1) is 0 Å². The Labute approximate surface area is 112 Å². The summed E-state index contributed by atoms with van der Waals surface area (Å²) in [5, 5.41) is 3.34. The van der Waals surface area contributed by atoms with E-state index in [9.17, 15) is 0 Å². The summed E-state index contributed by atoms with van der Waals surface area (Å²) in [4.78, 5) is 0. The third kappa shape index (κ3) is 3.69. The minimum atomic E-state index is 0.0996. The van der Waals surface area contributed by atoms with Crippen LogP contribution in [0.2, 0.25) is 0 Å². The van der Waals surface area contributed by atoms with Crippen LogP contribution in [0.5, 0.6) is 0 Å². The Kier molecular flexibility index (Phi) is 5.46. The van der Waals surface area contributed by atoms with E-state index in [-0.39, 0.29) is 5.60 Å². The van der Waals surface area contributed by atoms with Crippen LogP contribution in [0, 0.1) is 5.92 Å². The molecule has 1 aliphatic carbocycles. The van der Waals surface area contributed by atoms with E-state index in [4.69, 9.17) is 9.47 Å². The first kappa shape index (κ1) is 14.3. The predicted molar refractivity (Wildman–Crippen MR) is 73.8 cm³/mol. The van der Waals surface area contributed by atoms with Gasteiger partial charge in [-0.3, -0.25) is 0 Å². The normalized spacial score (nSPS) is 34.7. The van der Waals surface area contributed by atoms with E-state index >= 15 is 0 Å². The molecule has 106 valence electrons. The molecule has 0 aromatic heterocycles. The van der Waals surface area contributed by atoms with Gasteiger partial charge < -0.3 is 14.8 Å². The van der Waals surface area contributed by atoms with Gasteiger partial charge in [0.25, 0.3) is 0 Å². The molecule has 2 aliphatic rings. The lowest BCUT2D eigenvalue weighted by Gasteiger charge is -2.43. The zero-order valence-corrected chi connectivity index (χ0v) is 12.0. The molecule has 0 radical (unpaired) electrons. The van der Waals surface area contributed by atoms with Crippen molar-refractivity contribution in [2.75, 3.05) is 26.8 Å². The summed E-state index contributed by atoms with van der Waals surface area (Å²) in [5.41, 5.74) is 0.0996. The molecular formula is C15H29NO2. The van der Waals surface area contributed by atoms with Gasteiger partial charge in [0.15, 0.2) is 0 Å². The molecule has 2 rings (SSSR count). The summed E-state index contributed by atoms with van der Waals surface area (Å²) in [6.07, 6.45) is 9.01. The lowest BCUT2D eigenvalue weighted by Crippen LogP contribution is -2.48. The highest BCUT2D eigenvalue weighted by Crippen LogP contribution is 2.37. The Morgan fingerprint density at radius 1 is 1.17 bits per heavy atom. The Bertz CT molecular complexity index is 231. The summed E-state index contributed by atoms with van der Waals surface area (Å²) in [7, 11) is 2.04. The number of ether oxygens (including phenoxy) is 2. The van der Waals surface area contributed by atoms with E-state index in [1.54, 1.807) is 0 Å². The zero-order chi connectivity index (χ0) is 12.8. The molecule has 1 saturated carbocycles. The molecule has 0 bridgehead atoms. The lowest BCUT2D eigenvalue weighted by molar-refractivity contribution is -0.142. The van der Waals surface area contributed by atoms with Crippen LogP contribution in [0.25, 0.3) is 0 Å². The smallest absolute Gasteiger partial charge is 0.0810 e. The molecule has 2 fully saturated rings. The summed E-state index contributed by atoms with van der Waals surface area (Å²) in [5.74, 6) is 0.924. The molecule has 1 aliphatic heterocycles. The van der Waals surface area contributed by atoms with Gasteiger partial charge in [0.1, 0.15) is 0 Å². The third-order valence-electron chi connectivity index (χ3n) is 4.68. The van der Waals surface area contributed by atoms with Crippen molar-refractivity contribution in [1.82, 2.24) is 5.32 Å². The first-order chi connectivity index (χ1) is 8.78. The summed E-state index contributed by atoms with van der Waals surface area (Å²) < 4.78 is 11.9. The molecule has 3 heteroatoms. The summed E-state index contributed by atoms with van der Waals surface area (Å²) >= 11 is 0. The largest absolute Gasteiger partial charge is 0.381 e. The standard InChI is InChI=1S/C15H29NO2/c1-3-13-4-8-15(9-5-13,12-16-2)18-14-6-10-17-11-7-14/h13-14,16H,3-12H2,1-2H3. The van der Waals surface area contributed by atoms with Gasteiger partial charge in [0.05, 0.1) is 11.7 Å². The molecule has 0 atom stereocenters. The maximum absolute atomic E-state index is 6.51. The molecule has 0 amide bonds. The minimum absolute atomic E-state index is 0.0996. The SMILES string of the molecule is CCC1CCC(CNC)(OC2CCOCC2)CC1. The van der Waals surface area contributed by atoms with E-state index in [0.29, 0.717) is 6.10 Å². The van der Waals surface area contributed by atoms with Crippen molar-refractivity contribution >= 4 is 0 Å². The van der Waals surface area contributed by atoms with Gasteiger partial charge in [-0.05, 0) is 51.5 Å². The van der Waals surface area contributed by atoms with Crippen LogP contribution < -0.4 is 5.32 Å². The molecule has 0 spiro atoms. The number of rotatable bonds is 5. The van der Waals surface area contributed by atoms with Crippen LogP contribution in [-0.2, 0) is 9.47 Å². The van der Waals surface area contributed by atoms with E-state index in [0.717, 1.165) is 38.5 Å². The molecule has 0 aromatic rings. The van der Waals surface area contributed by atoms with Crippen LogP contribution in [0.1, 0.15) is 51.9 Å². The van der Waals surface area contributed by atoms with Gasteiger partial charge in [0.2, 0.25) is 0 Å². The van der Waals surface area contributed by atoms with Gasteiger partial charge in [-0.25, -0.2) is 0 Å². The predicted octanol–water partition coefficient (Wildman–Crippen LogP) is 2.74. The fourth-order valence-electron chi connectivity index (χ4n) is 3.42. The van der Waals surface area contributed by atoms with Crippen molar-refractivity contribution in [3.63, 3.8) is 0 Å². The van der Waals surface area contributed by atoms with Gasteiger partial charge >= 0.3 is 0 Å². The molecule has 0 unspecified atom stereocenters. The average molecular weight is 255 g/mol. The first-order valence-electron chi connectivity index (χ1n) is 7.68. The molecule has 1 N–H and O–H groups in total. The number of likely N-dealkylation sites (N-methyl/N-ethyl adjacent to an activating group) is 1. The number of hydrogen-bond acceptors (Lipinski definition) is 3. The Hall–Kier alpha value is -0.120. The van der Waals surface area contributed by atoms with Crippen molar-refractivity contribution in [2.45, 2.75) is 63.6 Å². The van der Waals surface area contributed by atoms with Crippen LogP contribution in [0.4, 0.5) is 0 Å². The Balaban J connectivity index is 1.89. The maximum atomic E-state index is 6.51.